The van der Waals surface area contributed by atoms with Crippen LogP contribution in [0.2, 0.25) is 0 Å². The molecule has 1 aromatic heterocycles. The molecule has 0 saturated heterocycles. The molecule has 0 unspecified atom stereocenters. The molecule has 1 saturated carbocycles. The van der Waals surface area contributed by atoms with E-state index >= 15 is 0 Å². The van der Waals surface area contributed by atoms with Gasteiger partial charge in [-0.05, 0) is 37.3 Å². The average molecular weight is 282 g/mol. The van der Waals surface area contributed by atoms with Crippen LogP contribution in [0.25, 0.3) is 0 Å². The van der Waals surface area contributed by atoms with E-state index in [9.17, 15) is 0 Å². The molecule has 1 aliphatic carbocycles. The van der Waals surface area contributed by atoms with Crippen LogP contribution in [0, 0.1) is 6.92 Å². The largest absolute Gasteiger partial charge is 0.311 e. The molecule has 1 N–H and O–H groups in total. The normalized spacial score (nSPS) is 22.4. The summed E-state index contributed by atoms with van der Waals surface area (Å²) in [5, 5.41) is 12.5. The van der Waals surface area contributed by atoms with Crippen LogP contribution in [-0.2, 0) is 13.0 Å². The summed E-state index contributed by atoms with van der Waals surface area (Å²) in [4.78, 5) is 0. The predicted octanol–water partition coefficient (Wildman–Crippen LogP) is 3.09. The quantitative estimate of drug-likeness (QED) is 0.920. The molecular weight excluding hydrogens is 260 g/mol. The molecule has 0 radical (unpaired) electrons. The Kier molecular flexibility index (Phi) is 3.26. The van der Waals surface area contributed by atoms with Gasteiger partial charge in [0.05, 0.1) is 6.04 Å². The van der Waals surface area contributed by atoms with E-state index in [2.05, 4.69) is 51.3 Å². The van der Waals surface area contributed by atoms with Gasteiger partial charge in [-0.2, -0.15) is 0 Å². The summed E-state index contributed by atoms with van der Waals surface area (Å²) in [6.45, 7) is 3.02. The Labute approximate surface area is 125 Å². The first-order valence-corrected chi connectivity index (χ1v) is 8.04. The molecular formula is C17H22N4. The number of aromatic nitrogens is 3. The average Bonchev–Trinajstić information content (AvgIpc) is 3.15. The molecule has 4 heteroatoms. The molecule has 0 bridgehead atoms. The molecule has 1 aliphatic heterocycles. The fraction of sp³-hybridized carbons (Fsp3) is 0.529. The van der Waals surface area contributed by atoms with Crippen molar-refractivity contribution in [3.8, 4) is 0 Å². The van der Waals surface area contributed by atoms with Gasteiger partial charge in [0.1, 0.15) is 5.82 Å². The number of hydrogen-bond acceptors (Lipinski definition) is 3. The van der Waals surface area contributed by atoms with Crippen LogP contribution < -0.4 is 5.32 Å². The Morgan fingerprint density at radius 2 is 1.86 bits per heavy atom. The van der Waals surface area contributed by atoms with E-state index in [0.29, 0.717) is 12.1 Å². The summed E-state index contributed by atoms with van der Waals surface area (Å²) in [5.74, 6) is 2.20. The van der Waals surface area contributed by atoms with Gasteiger partial charge in [0.25, 0.3) is 0 Å². The maximum atomic E-state index is 4.51. The van der Waals surface area contributed by atoms with Gasteiger partial charge in [0.15, 0.2) is 5.82 Å². The summed E-state index contributed by atoms with van der Waals surface area (Å²) < 4.78 is 2.40. The smallest absolute Gasteiger partial charge is 0.150 e. The number of nitrogens with zero attached hydrogens (tertiary/aromatic N) is 3. The fourth-order valence-corrected chi connectivity index (χ4v) is 3.87. The van der Waals surface area contributed by atoms with Crippen LogP contribution in [-0.4, -0.2) is 14.8 Å². The number of benzene rings is 1. The first kappa shape index (κ1) is 13.0. The lowest BCUT2D eigenvalue weighted by Gasteiger charge is -2.27. The van der Waals surface area contributed by atoms with Crippen molar-refractivity contribution in [1.82, 2.24) is 20.1 Å². The molecule has 4 nitrogen and oxygen atoms in total. The van der Waals surface area contributed by atoms with Crippen molar-refractivity contribution < 1.29 is 0 Å². The van der Waals surface area contributed by atoms with Crippen LogP contribution in [0.3, 0.4) is 0 Å². The van der Waals surface area contributed by atoms with Gasteiger partial charge >= 0.3 is 0 Å². The van der Waals surface area contributed by atoms with Crippen molar-refractivity contribution in [2.45, 2.75) is 57.7 Å². The van der Waals surface area contributed by atoms with Gasteiger partial charge in [0.2, 0.25) is 0 Å². The SMILES string of the molecule is Cc1nnc([C@@H]2Cc3ccccc3CN2)n1C1CCCC1. The van der Waals surface area contributed by atoms with Crippen LogP contribution in [0.5, 0.6) is 0 Å². The van der Waals surface area contributed by atoms with Crippen molar-refractivity contribution in [1.29, 1.82) is 0 Å². The van der Waals surface area contributed by atoms with E-state index in [0.717, 1.165) is 24.6 Å². The van der Waals surface area contributed by atoms with Crippen molar-refractivity contribution in [3.05, 3.63) is 47.0 Å². The van der Waals surface area contributed by atoms with Gasteiger partial charge in [-0.1, -0.05) is 37.1 Å². The number of rotatable bonds is 2. The second-order valence-electron chi connectivity index (χ2n) is 6.32. The fourth-order valence-electron chi connectivity index (χ4n) is 3.87. The van der Waals surface area contributed by atoms with E-state index < -0.39 is 0 Å². The maximum absolute atomic E-state index is 4.51. The number of nitrogens with one attached hydrogen (secondary N) is 1. The lowest BCUT2D eigenvalue weighted by molar-refractivity contribution is 0.415. The Morgan fingerprint density at radius 3 is 2.67 bits per heavy atom. The topological polar surface area (TPSA) is 42.7 Å². The van der Waals surface area contributed by atoms with Crippen molar-refractivity contribution >= 4 is 0 Å². The highest BCUT2D eigenvalue weighted by Crippen LogP contribution is 2.34. The first-order valence-electron chi connectivity index (χ1n) is 8.04. The monoisotopic (exact) mass is 282 g/mol. The molecule has 4 rings (SSSR count). The van der Waals surface area contributed by atoms with Crippen molar-refractivity contribution in [3.63, 3.8) is 0 Å². The van der Waals surface area contributed by atoms with E-state index in [4.69, 9.17) is 0 Å². The van der Waals surface area contributed by atoms with Gasteiger partial charge in [0, 0.05) is 12.6 Å². The maximum Gasteiger partial charge on any atom is 0.150 e. The zero-order chi connectivity index (χ0) is 14.2. The Morgan fingerprint density at radius 1 is 1.10 bits per heavy atom. The molecule has 2 aromatic rings. The minimum absolute atomic E-state index is 0.293. The third kappa shape index (κ3) is 2.27. The van der Waals surface area contributed by atoms with E-state index in [1.807, 2.05) is 0 Å². The molecule has 0 spiro atoms. The zero-order valence-electron chi connectivity index (χ0n) is 12.5. The molecule has 2 aliphatic rings. The standard InChI is InChI=1S/C17H22N4/c1-12-19-20-17(21(12)15-8-4-5-9-15)16-10-13-6-2-3-7-14(13)11-18-16/h2-3,6-7,15-16,18H,4-5,8-11H2,1H3/t16-/m0/s1. The minimum Gasteiger partial charge on any atom is -0.311 e. The lowest BCUT2D eigenvalue weighted by Crippen LogP contribution is -2.31. The summed E-state index contributed by atoms with van der Waals surface area (Å²) >= 11 is 0. The van der Waals surface area contributed by atoms with Crippen LogP contribution in [0.15, 0.2) is 24.3 Å². The van der Waals surface area contributed by atoms with Crippen LogP contribution in [0.1, 0.15) is 60.5 Å². The molecule has 1 aromatic carbocycles. The highest BCUT2D eigenvalue weighted by Gasteiger charge is 2.28. The molecule has 0 amide bonds. The van der Waals surface area contributed by atoms with Gasteiger partial charge < -0.3 is 9.88 Å². The Balaban J connectivity index is 1.66. The molecule has 110 valence electrons. The summed E-state index contributed by atoms with van der Waals surface area (Å²) in [7, 11) is 0. The third-order valence-electron chi connectivity index (χ3n) is 4.98. The van der Waals surface area contributed by atoms with Gasteiger partial charge in [-0.3, -0.25) is 0 Å². The first-order chi connectivity index (χ1) is 10.3. The highest BCUT2D eigenvalue weighted by molar-refractivity contribution is 5.31. The minimum atomic E-state index is 0.293. The molecule has 2 heterocycles. The predicted molar refractivity (Wildman–Crippen MR) is 82.0 cm³/mol. The van der Waals surface area contributed by atoms with Crippen molar-refractivity contribution in [2.24, 2.45) is 0 Å². The number of fused-ring (bicyclic) bond motifs is 1. The molecule has 1 fully saturated rings. The zero-order valence-corrected chi connectivity index (χ0v) is 12.5. The van der Waals surface area contributed by atoms with Gasteiger partial charge in [-0.25, -0.2) is 0 Å². The number of hydrogen-bond donors (Lipinski definition) is 1. The molecule has 21 heavy (non-hydrogen) atoms. The highest BCUT2D eigenvalue weighted by atomic mass is 15.3. The summed E-state index contributed by atoms with van der Waals surface area (Å²) in [5.41, 5.74) is 2.86. The Bertz CT molecular complexity index is 640. The second kappa shape index (κ2) is 5.26. The van der Waals surface area contributed by atoms with E-state index in [1.54, 1.807) is 0 Å². The third-order valence-corrected chi connectivity index (χ3v) is 4.98. The van der Waals surface area contributed by atoms with Crippen molar-refractivity contribution in [2.75, 3.05) is 0 Å². The second-order valence-corrected chi connectivity index (χ2v) is 6.32. The Hall–Kier alpha value is -1.68. The lowest BCUT2D eigenvalue weighted by atomic mass is 9.95. The number of aryl methyl sites for hydroxylation is 1. The summed E-state index contributed by atoms with van der Waals surface area (Å²) in [6, 6.07) is 9.61. The van der Waals surface area contributed by atoms with E-state index in [1.165, 1.54) is 36.8 Å². The van der Waals surface area contributed by atoms with Gasteiger partial charge in [-0.15, -0.1) is 10.2 Å². The van der Waals surface area contributed by atoms with Crippen LogP contribution >= 0.6 is 0 Å². The molecule has 1 atom stereocenters. The summed E-state index contributed by atoms with van der Waals surface area (Å²) in [6.07, 6.45) is 6.23. The van der Waals surface area contributed by atoms with E-state index in [-0.39, 0.29) is 0 Å². The van der Waals surface area contributed by atoms with Crippen LogP contribution in [0.4, 0.5) is 0 Å².